The van der Waals surface area contributed by atoms with Crippen molar-refractivity contribution in [1.29, 1.82) is 0 Å². The van der Waals surface area contributed by atoms with E-state index in [2.05, 4.69) is 44.3 Å². The third kappa shape index (κ3) is 3.15. The second-order valence-corrected chi connectivity index (χ2v) is 7.45. The molecule has 0 aromatic carbocycles. The van der Waals surface area contributed by atoms with Gasteiger partial charge in [0.15, 0.2) is 0 Å². The standard InChI is InChI=1S/C14H18ClNS2/c1-4-7-16-13(11-6-5-10(3)17-11)12-8-9(2)14(15)18-12/h5-6,8,13,16H,4,7H2,1-3H3. The van der Waals surface area contributed by atoms with Crippen molar-refractivity contribution in [2.24, 2.45) is 0 Å². The van der Waals surface area contributed by atoms with Crippen molar-refractivity contribution in [3.8, 4) is 0 Å². The van der Waals surface area contributed by atoms with Gasteiger partial charge in [-0.1, -0.05) is 18.5 Å². The first-order valence-electron chi connectivity index (χ1n) is 6.17. The Bertz CT molecular complexity index is 496. The van der Waals surface area contributed by atoms with Crippen LogP contribution in [0.2, 0.25) is 4.34 Å². The zero-order valence-corrected chi connectivity index (χ0v) is 13.3. The molecule has 2 aromatic heterocycles. The molecule has 0 saturated carbocycles. The van der Waals surface area contributed by atoms with Gasteiger partial charge < -0.3 is 5.32 Å². The highest BCUT2D eigenvalue weighted by Crippen LogP contribution is 2.36. The summed E-state index contributed by atoms with van der Waals surface area (Å²) in [5.74, 6) is 0. The van der Waals surface area contributed by atoms with Crippen LogP contribution in [-0.2, 0) is 0 Å². The molecule has 0 saturated heterocycles. The Kier molecular flexibility index (Phi) is 4.84. The Labute approximate surface area is 122 Å². The summed E-state index contributed by atoms with van der Waals surface area (Å²) in [6.45, 7) is 7.43. The van der Waals surface area contributed by atoms with E-state index in [1.54, 1.807) is 11.3 Å². The van der Waals surface area contributed by atoms with Gasteiger partial charge in [0.05, 0.1) is 10.4 Å². The highest BCUT2D eigenvalue weighted by Gasteiger charge is 2.18. The van der Waals surface area contributed by atoms with Crippen molar-refractivity contribution in [3.05, 3.63) is 42.7 Å². The largest absolute Gasteiger partial charge is 0.305 e. The number of rotatable bonds is 5. The van der Waals surface area contributed by atoms with Gasteiger partial charge in [0.1, 0.15) is 0 Å². The van der Waals surface area contributed by atoms with E-state index in [0.29, 0.717) is 6.04 Å². The molecule has 1 nitrogen and oxygen atoms in total. The molecule has 0 aliphatic carbocycles. The first-order valence-corrected chi connectivity index (χ1v) is 8.18. The molecule has 0 aliphatic heterocycles. The number of hydrogen-bond acceptors (Lipinski definition) is 3. The second kappa shape index (κ2) is 6.20. The van der Waals surface area contributed by atoms with Crippen molar-refractivity contribution in [1.82, 2.24) is 5.32 Å². The molecule has 0 fully saturated rings. The van der Waals surface area contributed by atoms with E-state index in [1.165, 1.54) is 20.2 Å². The van der Waals surface area contributed by atoms with Gasteiger partial charge in [0.25, 0.3) is 0 Å². The van der Waals surface area contributed by atoms with Crippen LogP contribution in [0.25, 0.3) is 0 Å². The molecule has 0 radical (unpaired) electrons. The first-order chi connectivity index (χ1) is 8.61. The fourth-order valence-electron chi connectivity index (χ4n) is 1.86. The molecular formula is C14H18ClNS2. The number of halogens is 1. The summed E-state index contributed by atoms with van der Waals surface area (Å²) in [6.07, 6.45) is 1.14. The van der Waals surface area contributed by atoms with E-state index >= 15 is 0 Å². The maximum Gasteiger partial charge on any atom is 0.0961 e. The van der Waals surface area contributed by atoms with Gasteiger partial charge in [-0.25, -0.2) is 0 Å². The molecular weight excluding hydrogens is 282 g/mol. The number of hydrogen-bond donors (Lipinski definition) is 1. The molecule has 0 bridgehead atoms. The van der Waals surface area contributed by atoms with E-state index < -0.39 is 0 Å². The lowest BCUT2D eigenvalue weighted by Gasteiger charge is -2.15. The zero-order valence-electron chi connectivity index (χ0n) is 10.9. The van der Waals surface area contributed by atoms with E-state index in [-0.39, 0.29) is 0 Å². The van der Waals surface area contributed by atoms with Crippen molar-refractivity contribution in [2.45, 2.75) is 33.2 Å². The minimum absolute atomic E-state index is 0.292. The van der Waals surface area contributed by atoms with Crippen molar-refractivity contribution in [3.63, 3.8) is 0 Å². The summed E-state index contributed by atoms with van der Waals surface area (Å²) >= 11 is 9.74. The topological polar surface area (TPSA) is 12.0 Å². The third-order valence-electron chi connectivity index (χ3n) is 2.80. The highest BCUT2D eigenvalue weighted by atomic mass is 35.5. The van der Waals surface area contributed by atoms with Crippen molar-refractivity contribution >= 4 is 34.3 Å². The number of aryl methyl sites for hydroxylation is 2. The number of nitrogens with one attached hydrogen (secondary N) is 1. The normalized spacial score (nSPS) is 12.9. The van der Waals surface area contributed by atoms with Crippen LogP contribution in [0.1, 0.15) is 39.6 Å². The van der Waals surface area contributed by atoms with Crippen LogP contribution in [0.15, 0.2) is 18.2 Å². The lowest BCUT2D eigenvalue weighted by atomic mass is 10.2. The molecule has 1 N–H and O–H groups in total. The maximum absolute atomic E-state index is 6.19. The van der Waals surface area contributed by atoms with E-state index in [9.17, 15) is 0 Å². The lowest BCUT2D eigenvalue weighted by Crippen LogP contribution is -2.21. The average Bonchev–Trinajstić information content (AvgIpc) is 2.88. The van der Waals surface area contributed by atoms with E-state index in [4.69, 9.17) is 11.6 Å². The zero-order chi connectivity index (χ0) is 13.1. The molecule has 1 atom stereocenters. The fraction of sp³-hybridized carbons (Fsp3) is 0.429. The fourth-order valence-corrected chi connectivity index (χ4v) is 4.22. The molecule has 98 valence electrons. The first kappa shape index (κ1) is 14.1. The van der Waals surface area contributed by atoms with Crippen molar-refractivity contribution in [2.75, 3.05) is 6.54 Å². The van der Waals surface area contributed by atoms with Gasteiger partial charge in [-0.3, -0.25) is 0 Å². The summed E-state index contributed by atoms with van der Waals surface area (Å²) in [7, 11) is 0. The van der Waals surface area contributed by atoms with E-state index in [0.717, 1.165) is 17.3 Å². The van der Waals surface area contributed by atoms with E-state index in [1.807, 2.05) is 11.3 Å². The molecule has 1 unspecified atom stereocenters. The molecule has 0 spiro atoms. The minimum atomic E-state index is 0.292. The predicted molar refractivity (Wildman–Crippen MR) is 83.3 cm³/mol. The predicted octanol–water partition coefficient (Wildman–Crippen LogP) is 5.17. The summed E-state index contributed by atoms with van der Waals surface area (Å²) in [4.78, 5) is 4.04. The summed E-state index contributed by atoms with van der Waals surface area (Å²) in [5.41, 5.74) is 1.17. The molecule has 4 heteroatoms. The van der Waals surface area contributed by atoms with Gasteiger partial charge in [-0.05, 0) is 50.6 Å². The Balaban J connectivity index is 2.30. The van der Waals surface area contributed by atoms with Gasteiger partial charge >= 0.3 is 0 Å². The monoisotopic (exact) mass is 299 g/mol. The minimum Gasteiger partial charge on any atom is -0.305 e. The molecule has 2 rings (SSSR count). The van der Waals surface area contributed by atoms with Crippen molar-refractivity contribution < 1.29 is 0 Å². The van der Waals surface area contributed by atoms with Gasteiger partial charge in [0.2, 0.25) is 0 Å². The molecule has 0 amide bonds. The van der Waals surface area contributed by atoms with Crippen LogP contribution in [-0.4, -0.2) is 6.54 Å². The third-order valence-corrected chi connectivity index (χ3v) is 5.49. The SMILES string of the molecule is CCCNC(c1ccc(C)s1)c1cc(C)c(Cl)s1. The van der Waals surface area contributed by atoms with Crippen LogP contribution in [0, 0.1) is 13.8 Å². The van der Waals surface area contributed by atoms with Gasteiger partial charge in [-0.15, -0.1) is 22.7 Å². The van der Waals surface area contributed by atoms with Crippen LogP contribution in [0.3, 0.4) is 0 Å². The molecule has 2 heterocycles. The average molecular weight is 300 g/mol. The van der Waals surface area contributed by atoms with Crippen LogP contribution >= 0.6 is 34.3 Å². The van der Waals surface area contributed by atoms with Gasteiger partial charge in [-0.2, -0.15) is 0 Å². The van der Waals surface area contributed by atoms with Gasteiger partial charge in [0, 0.05) is 14.6 Å². The molecule has 18 heavy (non-hydrogen) atoms. The highest BCUT2D eigenvalue weighted by molar-refractivity contribution is 7.17. The van der Waals surface area contributed by atoms with Crippen LogP contribution < -0.4 is 5.32 Å². The maximum atomic E-state index is 6.19. The summed E-state index contributed by atoms with van der Waals surface area (Å²) in [6, 6.07) is 6.90. The van der Waals surface area contributed by atoms with Crippen LogP contribution in [0.4, 0.5) is 0 Å². The Hall–Kier alpha value is -0.350. The molecule has 2 aromatic rings. The summed E-state index contributed by atoms with van der Waals surface area (Å²) < 4.78 is 0.904. The summed E-state index contributed by atoms with van der Waals surface area (Å²) in [5, 5.41) is 3.62. The Morgan fingerprint density at radius 2 is 2.00 bits per heavy atom. The quantitative estimate of drug-likeness (QED) is 0.803. The number of thiophene rings is 2. The smallest absolute Gasteiger partial charge is 0.0961 e. The Morgan fingerprint density at radius 3 is 2.50 bits per heavy atom. The second-order valence-electron chi connectivity index (χ2n) is 4.44. The molecule has 0 aliphatic rings. The van der Waals surface area contributed by atoms with Crippen LogP contribution in [0.5, 0.6) is 0 Å². The lowest BCUT2D eigenvalue weighted by molar-refractivity contribution is 0.613. The Morgan fingerprint density at radius 1 is 1.22 bits per heavy atom.